The molecule has 0 saturated carbocycles. The fraction of sp³-hybridized carbons (Fsp3) is 0.899. The molecule has 0 aliphatic carbocycles. The molecule has 0 bridgehead atoms. The number of aliphatic hydroxyl groups excluding tert-OH is 1. The first-order valence-electron chi connectivity index (χ1n) is 40.6. The zero-order chi connectivity index (χ0) is 71.8. The Morgan fingerprint density at radius 2 is 0.490 bits per heavy atom. The second kappa shape index (κ2) is 72.9. The minimum Gasteiger partial charge on any atom is -0.462 e. The zero-order valence-corrected chi connectivity index (χ0v) is 65.0. The number of unbranched alkanes of at least 4 members (excludes halogenated alkanes) is 49. The van der Waals surface area contributed by atoms with Crippen LogP contribution in [0, 0.1) is 0 Å². The van der Waals surface area contributed by atoms with Crippen molar-refractivity contribution < 1.29 is 80.2 Å². The van der Waals surface area contributed by atoms with Crippen molar-refractivity contribution in [2.45, 2.75) is 418 Å². The van der Waals surface area contributed by atoms with Crippen LogP contribution < -0.4 is 0 Å². The number of hydrogen-bond donors (Lipinski definition) is 3. The van der Waals surface area contributed by atoms with Gasteiger partial charge in [-0.05, 0) is 51.4 Å². The molecule has 0 aromatic carbocycles. The first-order valence-corrected chi connectivity index (χ1v) is 43.6. The summed E-state index contributed by atoms with van der Waals surface area (Å²) in [6.07, 6.45) is 67.2. The largest absolute Gasteiger partial charge is 0.472 e. The molecule has 2 unspecified atom stereocenters. The van der Waals surface area contributed by atoms with Crippen LogP contribution in [-0.4, -0.2) is 96.7 Å². The summed E-state index contributed by atoms with van der Waals surface area (Å²) in [7, 11) is -9.93. The number of aliphatic hydroxyl groups is 1. The number of ether oxygens (including phenoxy) is 4. The molecule has 0 heterocycles. The average Bonchev–Trinajstić information content (AvgIpc) is 1.01. The van der Waals surface area contributed by atoms with E-state index in [9.17, 15) is 43.2 Å². The van der Waals surface area contributed by atoms with Gasteiger partial charge in [0.1, 0.15) is 19.3 Å². The predicted molar refractivity (Wildman–Crippen MR) is 400 cm³/mol. The number of rotatable bonds is 78. The summed E-state index contributed by atoms with van der Waals surface area (Å²) in [5.74, 6) is -2.14. The highest BCUT2D eigenvalue weighted by atomic mass is 31.2. The lowest BCUT2D eigenvalue weighted by atomic mass is 10.0. The molecule has 0 aliphatic rings. The van der Waals surface area contributed by atoms with Gasteiger partial charge in [-0.2, -0.15) is 0 Å². The monoisotopic (exact) mass is 1430 g/mol. The van der Waals surface area contributed by atoms with Crippen molar-refractivity contribution in [3.63, 3.8) is 0 Å². The van der Waals surface area contributed by atoms with E-state index in [1.54, 1.807) is 0 Å². The van der Waals surface area contributed by atoms with Crippen LogP contribution in [-0.2, 0) is 65.4 Å². The highest BCUT2D eigenvalue weighted by Crippen LogP contribution is 2.45. The molecule has 0 aromatic rings. The lowest BCUT2D eigenvalue weighted by Gasteiger charge is -2.21. The van der Waals surface area contributed by atoms with Gasteiger partial charge in [-0.25, -0.2) is 9.13 Å². The molecule has 19 heteroatoms. The molecule has 98 heavy (non-hydrogen) atoms. The second-order valence-corrected chi connectivity index (χ2v) is 30.7. The van der Waals surface area contributed by atoms with Crippen molar-refractivity contribution >= 4 is 39.5 Å². The molecule has 0 aliphatic heterocycles. The van der Waals surface area contributed by atoms with Crippen molar-refractivity contribution in [1.29, 1.82) is 0 Å². The predicted octanol–water partition coefficient (Wildman–Crippen LogP) is 23.3. The molecule has 0 radical (unpaired) electrons. The van der Waals surface area contributed by atoms with Crippen molar-refractivity contribution in [1.82, 2.24) is 0 Å². The third kappa shape index (κ3) is 71.9. The van der Waals surface area contributed by atoms with Gasteiger partial charge in [-0.15, -0.1) is 0 Å². The molecule has 17 nitrogen and oxygen atoms in total. The maximum absolute atomic E-state index is 13.1. The van der Waals surface area contributed by atoms with Crippen LogP contribution in [0.5, 0.6) is 0 Å². The van der Waals surface area contributed by atoms with Gasteiger partial charge in [0, 0.05) is 25.7 Å². The van der Waals surface area contributed by atoms with E-state index in [0.29, 0.717) is 25.7 Å². The fourth-order valence-corrected chi connectivity index (χ4v) is 13.3. The summed E-state index contributed by atoms with van der Waals surface area (Å²) in [5, 5.41) is 10.6. The Hall–Kier alpha value is -2.46. The number of allylic oxidation sites excluding steroid dienone is 4. The third-order valence-electron chi connectivity index (χ3n) is 18.0. The second-order valence-electron chi connectivity index (χ2n) is 27.8. The normalized spacial score (nSPS) is 14.0. The molecule has 3 N–H and O–H groups in total. The summed E-state index contributed by atoms with van der Waals surface area (Å²) in [6.45, 7) is 4.95. The van der Waals surface area contributed by atoms with Crippen molar-refractivity contribution in [2.75, 3.05) is 39.6 Å². The van der Waals surface area contributed by atoms with Crippen LogP contribution >= 0.6 is 15.6 Å². The molecule has 0 amide bonds. The highest BCUT2D eigenvalue weighted by molar-refractivity contribution is 7.47. The first kappa shape index (κ1) is 95.5. The zero-order valence-electron chi connectivity index (χ0n) is 63.2. The van der Waals surface area contributed by atoms with Crippen molar-refractivity contribution in [3.05, 3.63) is 24.3 Å². The van der Waals surface area contributed by atoms with Crippen LogP contribution in [0.25, 0.3) is 0 Å². The van der Waals surface area contributed by atoms with Crippen LogP contribution in [0.2, 0.25) is 0 Å². The van der Waals surface area contributed by atoms with E-state index in [-0.39, 0.29) is 25.7 Å². The summed E-state index contributed by atoms with van der Waals surface area (Å²) in [6, 6.07) is 0. The van der Waals surface area contributed by atoms with E-state index in [2.05, 4.69) is 52.0 Å². The molecule has 0 fully saturated rings. The Bertz CT molecular complexity index is 1950. The molecule has 0 aromatic heterocycles. The Morgan fingerprint density at radius 3 is 0.745 bits per heavy atom. The van der Waals surface area contributed by atoms with Crippen LogP contribution in [0.3, 0.4) is 0 Å². The molecular weight excluding hydrogens is 1280 g/mol. The van der Waals surface area contributed by atoms with E-state index in [0.717, 1.165) is 109 Å². The van der Waals surface area contributed by atoms with Crippen LogP contribution in [0.15, 0.2) is 24.3 Å². The maximum Gasteiger partial charge on any atom is 0.472 e. The van der Waals surface area contributed by atoms with Crippen molar-refractivity contribution in [3.8, 4) is 0 Å². The van der Waals surface area contributed by atoms with Crippen LogP contribution in [0.1, 0.15) is 400 Å². The fourth-order valence-electron chi connectivity index (χ4n) is 11.7. The number of hydrogen-bond acceptors (Lipinski definition) is 15. The molecule has 0 spiro atoms. The molecule has 5 atom stereocenters. The lowest BCUT2D eigenvalue weighted by molar-refractivity contribution is -0.161. The molecule has 0 saturated heterocycles. The van der Waals surface area contributed by atoms with Gasteiger partial charge in [0.05, 0.1) is 26.4 Å². The first-order chi connectivity index (χ1) is 47.7. The maximum atomic E-state index is 13.1. The van der Waals surface area contributed by atoms with Gasteiger partial charge in [0.25, 0.3) is 0 Å². The number of carbonyl (C=O) groups is 4. The Balaban J connectivity index is 5.29. The van der Waals surface area contributed by atoms with Gasteiger partial charge in [0.15, 0.2) is 12.2 Å². The van der Waals surface area contributed by atoms with Crippen LogP contribution in [0.4, 0.5) is 0 Å². The quantitative estimate of drug-likeness (QED) is 0.0169. The number of phosphoric acid groups is 2. The van der Waals surface area contributed by atoms with Gasteiger partial charge in [-0.1, -0.05) is 347 Å². The third-order valence-corrected chi connectivity index (χ3v) is 19.9. The number of esters is 4. The highest BCUT2D eigenvalue weighted by Gasteiger charge is 2.30. The van der Waals surface area contributed by atoms with E-state index in [1.807, 2.05) is 0 Å². The minimum atomic E-state index is -4.97. The van der Waals surface area contributed by atoms with E-state index < -0.39 is 97.5 Å². The smallest absolute Gasteiger partial charge is 0.462 e. The standard InChI is InChI=1S/C79H150O17P2/c1-5-9-13-17-21-25-29-33-36-37-39-42-46-50-54-58-62-66-79(84)96-75(70-90-77(82)64-60-56-52-48-44-41-38-34-30-26-22-18-14-10-6-2)72-94-98(87,88)92-68-73(80)67-91-97(85,86)93-71-74(69-89-76(81)63-59-55-51-47-43-32-28-24-20-16-12-8-4)95-78(83)65-61-57-53-49-45-40-35-31-27-23-19-15-11-7-3/h26,30,34,38,73-75,80H,5-25,27-29,31-33,35-37,39-72H2,1-4H3,(H,85,86)(H,87,88)/b30-26-,38-34-/t73-,74+,75+/m0/s1. The Morgan fingerprint density at radius 1 is 0.286 bits per heavy atom. The summed E-state index contributed by atoms with van der Waals surface area (Å²) in [5.41, 5.74) is 0. The van der Waals surface area contributed by atoms with E-state index >= 15 is 0 Å². The summed E-state index contributed by atoms with van der Waals surface area (Å²) in [4.78, 5) is 72.9. The Labute approximate surface area is 599 Å². The summed E-state index contributed by atoms with van der Waals surface area (Å²) >= 11 is 0. The molecule has 0 rings (SSSR count). The topological polar surface area (TPSA) is 237 Å². The lowest BCUT2D eigenvalue weighted by Crippen LogP contribution is -2.30. The van der Waals surface area contributed by atoms with E-state index in [4.69, 9.17) is 37.0 Å². The number of carbonyl (C=O) groups excluding carboxylic acids is 4. The average molecular weight is 1430 g/mol. The van der Waals surface area contributed by atoms with Gasteiger partial charge in [0.2, 0.25) is 0 Å². The van der Waals surface area contributed by atoms with Gasteiger partial charge >= 0.3 is 39.5 Å². The van der Waals surface area contributed by atoms with Gasteiger partial charge < -0.3 is 33.8 Å². The summed E-state index contributed by atoms with van der Waals surface area (Å²) < 4.78 is 68.6. The van der Waals surface area contributed by atoms with Crippen molar-refractivity contribution in [2.24, 2.45) is 0 Å². The van der Waals surface area contributed by atoms with Gasteiger partial charge in [-0.3, -0.25) is 37.3 Å². The molecule has 578 valence electrons. The molecular formula is C79H150O17P2. The Kier molecular flexibility index (Phi) is 71.0. The SMILES string of the molecule is CCCCCC/C=C\C=C/CCCCCCCC(=O)OC[C@H](COP(=O)(O)OC[C@@H](O)COP(=O)(O)OC[C@@H](COC(=O)CCCCCCCCCCCCCC)OC(=O)CCCCCCCCCCCCCCCC)OC(=O)CCCCCCCCCCCCCCCCCCC. The minimum absolute atomic E-state index is 0.102. The number of phosphoric ester groups is 2. The van der Waals surface area contributed by atoms with E-state index in [1.165, 1.54) is 212 Å².